The van der Waals surface area contributed by atoms with E-state index in [1.807, 2.05) is 42.3 Å². The third kappa shape index (κ3) is 1.76. The molecule has 0 atom stereocenters. The van der Waals surface area contributed by atoms with Gasteiger partial charge in [0.1, 0.15) is 5.52 Å². The Morgan fingerprint density at radius 1 is 1.32 bits per heavy atom. The summed E-state index contributed by atoms with van der Waals surface area (Å²) in [6, 6.07) is 3.97. The number of nitrogens with two attached hydrogens (primary N) is 1. The first kappa shape index (κ1) is 11.7. The summed E-state index contributed by atoms with van der Waals surface area (Å²) in [5, 5.41) is 4.37. The molecule has 0 saturated heterocycles. The van der Waals surface area contributed by atoms with Crippen LogP contribution in [0, 0.1) is 13.8 Å². The molecule has 3 aromatic rings. The first-order chi connectivity index (χ1) is 9.08. The van der Waals surface area contributed by atoms with Crippen molar-refractivity contribution in [3.63, 3.8) is 0 Å². The van der Waals surface area contributed by atoms with Crippen molar-refractivity contribution in [3.8, 4) is 0 Å². The highest BCUT2D eigenvalue weighted by Crippen LogP contribution is 2.21. The highest BCUT2D eigenvalue weighted by molar-refractivity contribution is 5.77. The molecule has 19 heavy (non-hydrogen) atoms. The summed E-state index contributed by atoms with van der Waals surface area (Å²) < 4.78 is 3.76. The fourth-order valence-corrected chi connectivity index (χ4v) is 2.34. The topological polar surface area (TPSA) is 74.6 Å². The fourth-order valence-electron chi connectivity index (χ4n) is 2.34. The zero-order chi connectivity index (χ0) is 13.6. The van der Waals surface area contributed by atoms with Crippen molar-refractivity contribution >= 4 is 17.1 Å². The largest absolute Gasteiger partial charge is 0.369 e. The monoisotopic (exact) mass is 256 g/mol. The molecule has 0 fully saturated rings. The van der Waals surface area contributed by atoms with Crippen LogP contribution in [0.3, 0.4) is 0 Å². The third-order valence-electron chi connectivity index (χ3n) is 3.35. The van der Waals surface area contributed by atoms with E-state index in [0.29, 0.717) is 12.5 Å². The minimum Gasteiger partial charge on any atom is -0.369 e. The zero-order valence-electron chi connectivity index (χ0n) is 11.3. The van der Waals surface area contributed by atoms with Gasteiger partial charge in [0, 0.05) is 13.2 Å². The number of fused-ring (bicyclic) bond motifs is 1. The SMILES string of the molecule is Cc1cccnc1Cn1c(N)nc2c(C)nn(C)c21. The molecule has 0 unspecified atom stereocenters. The van der Waals surface area contributed by atoms with Crippen molar-refractivity contribution in [1.82, 2.24) is 24.3 Å². The molecule has 0 radical (unpaired) electrons. The van der Waals surface area contributed by atoms with Crippen LogP contribution in [0.15, 0.2) is 18.3 Å². The number of anilines is 1. The molecule has 3 heterocycles. The molecule has 98 valence electrons. The van der Waals surface area contributed by atoms with Crippen LogP contribution in [0.5, 0.6) is 0 Å². The third-order valence-corrected chi connectivity index (χ3v) is 3.35. The first-order valence-electron chi connectivity index (χ1n) is 6.13. The summed E-state index contributed by atoms with van der Waals surface area (Å²) in [7, 11) is 1.90. The van der Waals surface area contributed by atoms with E-state index in [-0.39, 0.29) is 0 Å². The summed E-state index contributed by atoms with van der Waals surface area (Å²) >= 11 is 0. The zero-order valence-corrected chi connectivity index (χ0v) is 11.3. The quantitative estimate of drug-likeness (QED) is 0.752. The molecule has 3 aromatic heterocycles. The summed E-state index contributed by atoms with van der Waals surface area (Å²) in [6.07, 6.45) is 1.79. The Hall–Kier alpha value is -2.37. The summed E-state index contributed by atoms with van der Waals surface area (Å²) in [5.41, 5.74) is 10.8. The van der Waals surface area contributed by atoms with Gasteiger partial charge in [-0.15, -0.1) is 0 Å². The number of pyridine rings is 1. The number of nitrogen functional groups attached to an aromatic ring is 1. The molecule has 0 saturated carbocycles. The van der Waals surface area contributed by atoms with Crippen LogP contribution < -0.4 is 5.73 Å². The van der Waals surface area contributed by atoms with Crippen molar-refractivity contribution < 1.29 is 0 Å². The van der Waals surface area contributed by atoms with Gasteiger partial charge >= 0.3 is 0 Å². The van der Waals surface area contributed by atoms with Gasteiger partial charge in [0.15, 0.2) is 5.65 Å². The van der Waals surface area contributed by atoms with E-state index in [4.69, 9.17) is 5.73 Å². The molecule has 0 aliphatic heterocycles. The number of hydrogen-bond donors (Lipinski definition) is 1. The lowest BCUT2D eigenvalue weighted by Gasteiger charge is -2.08. The minimum absolute atomic E-state index is 0.496. The lowest BCUT2D eigenvalue weighted by atomic mass is 10.2. The Kier molecular flexibility index (Phi) is 2.51. The van der Waals surface area contributed by atoms with Crippen LogP contribution in [0.2, 0.25) is 0 Å². The molecule has 3 rings (SSSR count). The van der Waals surface area contributed by atoms with Crippen LogP contribution in [0.4, 0.5) is 5.95 Å². The molecule has 0 aliphatic rings. The van der Waals surface area contributed by atoms with Gasteiger partial charge in [-0.05, 0) is 25.5 Å². The number of nitrogens with zero attached hydrogens (tertiary/aromatic N) is 5. The maximum Gasteiger partial charge on any atom is 0.202 e. The van der Waals surface area contributed by atoms with E-state index in [1.54, 1.807) is 6.20 Å². The van der Waals surface area contributed by atoms with Crippen LogP contribution in [-0.2, 0) is 13.6 Å². The predicted molar refractivity (Wildman–Crippen MR) is 73.7 cm³/mol. The Labute approximate surface area is 110 Å². The Morgan fingerprint density at radius 2 is 2.11 bits per heavy atom. The smallest absolute Gasteiger partial charge is 0.202 e. The van der Waals surface area contributed by atoms with Gasteiger partial charge in [-0.2, -0.15) is 5.10 Å². The molecule has 6 heteroatoms. The lowest BCUT2D eigenvalue weighted by molar-refractivity contribution is 0.716. The summed E-state index contributed by atoms with van der Waals surface area (Å²) in [4.78, 5) is 8.79. The second-order valence-electron chi connectivity index (χ2n) is 4.70. The van der Waals surface area contributed by atoms with Crippen LogP contribution in [-0.4, -0.2) is 24.3 Å². The number of hydrogen-bond acceptors (Lipinski definition) is 4. The summed E-state index contributed by atoms with van der Waals surface area (Å²) in [6.45, 7) is 4.58. The maximum absolute atomic E-state index is 6.02. The highest BCUT2D eigenvalue weighted by atomic mass is 15.3. The molecule has 0 spiro atoms. The predicted octanol–water partition coefficient (Wildman–Crippen LogP) is 1.41. The Balaban J connectivity index is 2.15. The van der Waals surface area contributed by atoms with Crippen LogP contribution >= 0.6 is 0 Å². The van der Waals surface area contributed by atoms with E-state index in [1.165, 1.54) is 0 Å². The average molecular weight is 256 g/mol. The summed E-state index contributed by atoms with van der Waals surface area (Å²) in [5.74, 6) is 0.496. The van der Waals surface area contributed by atoms with Crippen molar-refractivity contribution in [2.45, 2.75) is 20.4 Å². The van der Waals surface area contributed by atoms with Gasteiger partial charge < -0.3 is 5.73 Å². The van der Waals surface area contributed by atoms with E-state index in [9.17, 15) is 0 Å². The number of imidazole rings is 1. The highest BCUT2D eigenvalue weighted by Gasteiger charge is 2.16. The fraction of sp³-hybridized carbons (Fsp3) is 0.308. The van der Waals surface area contributed by atoms with Crippen molar-refractivity contribution in [2.75, 3.05) is 5.73 Å². The standard InChI is InChI=1S/C13H16N6/c1-8-5-4-6-15-10(8)7-19-12-11(16-13(19)14)9(2)17-18(12)3/h4-6H,7H2,1-3H3,(H2,14,16). The molecule has 0 aliphatic carbocycles. The molecular weight excluding hydrogens is 240 g/mol. The number of rotatable bonds is 2. The van der Waals surface area contributed by atoms with Gasteiger partial charge in [0.25, 0.3) is 0 Å². The second kappa shape index (κ2) is 4.08. The lowest BCUT2D eigenvalue weighted by Crippen LogP contribution is -2.09. The molecule has 0 amide bonds. The van der Waals surface area contributed by atoms with Crippen molar-refractivity contribution in [3.05, 3.63) is 35.3 Å². The normalized spacial score (nSPS) is 11.3. The second-order valence-corrected chi connectivity index (χ2v) is 4.70. The molecule has 6 nitrogen and oxygen atoms in total. The van der Waals surface area contributed by atoms with Gasteiger partial charge in [-0.1, -0.05) is 6.07 Å². The molecule has 2 N–H and O–H groups in total. The van der Waals surface area contributed by atoms with Gasteiger partial charge in [0.05, 0.1) is 17.9 Å². The number of aromatic nitrogens is 5. The Bertz CT molecular complexity index is 752. The van der Waals surface area contributed by atoms with E-state index < -0.39 is 0 Å². The van der Waals surface area contributed by atoms with Gasteiger partial charge in [0.2, 0.25) is 5.95 Å². The molecular formula is C13H16N6. The van der Waals surface area contributed by atoms with E-state index in [2.05, 4.69) is 15.1 Å². The molecule has 0 aromatic carbocycles. The number of aryl methyl sites for hydroxylation is 3. The van der Waals surface area contributed by atoms with E-state index in [0.717, 1.165) is 28.1 Å². The van der Waals surface area contributed by atoms with Gasteiger partial charge in [-0.25, -0.2) is 4.98 Å². The maximum atomic E-state index is 6.02. The average Bonchev–Trinajstić information content (AvgIpc) is 2.82. The van der Waals surface area contributed by atoms with Crippen LogP contribution in [0.1, 0.15) is 17.0 Å². The van der Waals surface area contributed by atoms with Crippen LogP contribution in [0.25, 0.3) is 11.2 Å². The van der Waals surface area contributed by atoms with Crippen molar-refractivity contribution in [1.29, 1.82) is 0 Å². The Morgan fingerprint density at radius 3 is 2.84 bits per heavy atom. The van der Waals surface area contributed by atoms with Crippen molar-refractivity contribution in [2.24, 2.45) is 7.05 Å². The van der Waals surface area contributed by atoms with Gasteiger partial charge in [-0.3, -0.25) is 14.2 Å². The minimum atomic E-state index is 0.496. The van der Waals surface area contributed by atoms with E-state index >= 15 is 0 Å². The molecule has 0 bridgehead atoms. The first-order valence-corrected chi connectivity index (χ1v) is 6.13.